The summed E-state index contributed by atoms with van der Waals surface area (Å²) in [6.07, 6.45) is 10.5. The first-order valence-electron chi connectivity index (χ1n) is 7.06. The van der Waals surface area contributed by atoms with Crippen LogP contribution in [0.5, 0.6) is 0 Å². The van der Waals surface area contributed by atoms with Crippen molar-refractivity contribution in [3.8, 4) is 0 Å². The van der Waals surface area contributed by atoms with Crippen LogP contribution in [0.4, 0.5) is 0 Å². The van der Waals surface area contributed by atoms with Gasteiger partial charge in [-0.1, -0.05) is 0 Å². The fraction of sp³-hybridized carbons (Fsp3) is 0.250. The average molecular weight is 294 g/mol. The molecule has 3 rings (SSSR count). The fourth-order valence-corrected chi connectivity index (χ4v) is 2.59. The molecule has 3 aromatic rings. The maximum atomic E-state index is 4.16. The summed E-state index contributed by atoms with van der Waals surface area (Å²) < 4.78 is 3.46. The first-order chi connectivity index (χ1) is 10.6. The van der Waals surface area contributed by atoms with E-state index in [0.717, 1.165) is 0 Å². The van der Waals surface area contributed by atoms with Gasteiger partial charge in [0.25, 0.3) is 0 Å². The van der Waals surface area contributed by atoms with Gasteiger partial charge in [-0.3, -0.25) is 0 Å². The van der Waals surface area contributed by atoms with Crippen LogP contribution in [0.25, 0.3) is 12.4 Å². The summed E-state index contributed by atoms with van der Waals surface area (Å²) in [4.78, 5) is 7.97. The van der Waals surface area contributed by atoms with Gasteiger partial charge in [0.1, 0.15) is 25.3 Å². The molecular weight excluding hydrogens is 276 g/mol. The summed E-state index contributed by atoms with van der Waals surface area (Å²) in [7, 11) is 0. The largest absolute Gasteiger partial charge is 0.228 e. The van der Waals surface area contributed by atoms with Crippen LogP contribution in [0.15, 0.2) is 25.3 Å². The van der Waals surface area contributed by atoms with Crippen molar-refractivity contribution in [3.05, 3.63) is 58.0 Å². The highest BCUT2D eigenvalue weighted by Gasteiger charge is 2.07. The number of hydrogen-bond donors (Lipinski definition) is 0. The molecular formula is C16H18N6. The quantitative estimate of drug-likeness (QED) is 0.697. The van der Waals surface area contributed by atoms with Crippen molar-refractivity contribution in [1.82, 2.24) is 29.5 Å². The fourth-order valence-electron chi connectivity index (χ4n) is 2.59. The zero-order valence-electron chi connectivity index (χ0n) is 13.1. The van der Waals surface area contributed by atoms with Crippen LogP contribution >= 0.6 is 0 Å². The third kappa shape index (κ3) is 2.43. The molecule has 0 aliphatic rings. The van der Waals surface area contributed by atoms with Crippen LogP contribution in [0, 0.1) is 27.7 Å². The molecule has 6 nitrogen and oxygen atoms in total. The van der Waals surface area contributed by atoms with Crippen molar-refractivity contribution >= 4 is 12.4 Å². The van der Waals surface area contributed by atoms with E-state index in [2.05, 4.69) is 47.9 Å². The highest BCUT2D eigenvalue weighted by Crippen LogP contribution is 2.04. The van der Waals surface area contributed by atoms with Gasteiger partial charge in [0, 0.05) is 12.4 Å². The molecule has 6 heteroatoms. The number of nitrogens with zero attached hydrogens (tertiary/aromatic N) is 6. The van der Waals surface area contributed by atoms with Crippen molar-refractivity contribution in [2.75, 3.05) is 0 Å². The third-order valence-corrected chi connectivity index (χ3v) is 4.14. The summed E-state index contributed by atoms with van der Waals surface area (Å²) in [5.41, 5.74) is 4.91. The molecule has 0 fully saturated rings. The van der Waals surface area contributed by atoms with Gasteiger partial charge >= 0.3 is 0 Å². The molecule has 2 aromatic heterocycles. The second kappa shape index (κ2) is 5.55. The summed E-state index contributed by atoms with van der Waals surface area (Å²) >= 11 is 0. The SMILES string of the molecule is Cc1c(C)c(=Cn2cncn2)c(C)c(C)c1=Cn1cncn1. The standard InChI is InChI=1S/C16H18N6/c1-11-12(2)16(6-22-10-18-8-20-22)14(4)13(3)15(11)5-21-9-17-7-19-21/h5-10H,1-4H3. The van der Waals surface area contributed by atoms with Crippen LogP contribution in [-0.2, 0) is 0 Å². The molecule has 0 N–H and O–H groups in total. The molecule has 0 spiro atoms. The van der Waals surface area contributed by atoms with Crippen LogP contribution in [0.2, 0.25) is 0 Å². The lowest BCUT2D eigenvalue weighted by Gasteiger charge is -2.11. The van der Waals surface area contributed by atoms with E-state index >= 15 is 0 Å². The minimum absolute atomic E-state index is 1.18. The Morgan fingerprint density at radius 3 is 1.32 bits per heavy atom. The van der Waals surface area contributed by atoms with Gasteiger partial charge < -0.3 is 0 Å². The van der Waals surface area contributed by atoms with Crippen LogP contribution in [0.3, 0.4) is 0 Å². The van der Waals surface area contributed by atoms with Gasteiger partial charge in [-0.05, 0) is 60.4 Å². The van der Waals surface area contributed by atoms with E-state index < -0.39 is 0 Å². The Bertz CT molecular complexity index is 792. The summed E-state index contributed by atoms with van der Waals surface area (Å²) in [5.74, 6) is 0. The lowest BCUT2D eigenvalue weighted by atomic mass is 9.96. The molecule has 0 unspecified atom stereocenters. The zero-order chi connectivity index (χ0) is 15.7. The summed E-state index contributed by atoms with van der Waals surface area (Å²) in [6, 6.07) is 0. The summed E-state index contributed by atoms with van der Waals surface area (Å²) in [6.45, 7) is 8.51. The Labute approximate surface area is 128 Å². The highest BCUT2D eigenvalue weighted by molar-refractivity contribution is 5.47. The summed E-state index contributed by atoms with van der Waals surface area (Å²) in [5, 5.41) is 10.7. The molecule has 0 radical (unpaired) electrons. The molecule has 0 saturated heterocycles. The van der Waals surface area contributed by atoms with Crippen LogP contribution in [0.1, 0.15) is 22.3 Å². The van der Waals surface area contributed by atoms with Gasteiger partial charge in [-0.15, -0.1) is 0 Å². The zero-order valence-corrected chi connectivity index (χ0v) is 13.1. The molecule has 112 valence electrons. The van der Waals surface area contributed by atoms with Crippen molar-refractivity contribution in [3.63, 3.8) is 0 Å². The van der Waals surface area contributed by atoms with Gasteiger partial charge in [0.15, 0.2) is 0 Å². The highest BCUT2D eigenvalue weighted by atomic mass is 15.3. The average Bonchev–Trinajstić information content (AvgIpc) is 3.19. The number of aromatic nitrogens is 6. The van der Waals surface area contributed by atoms with E-state index in [1.165, 1.54) is 45.3 Å². The monoisotopic (exact) mass is 294 g/mol. The maximum Gasteiger partial charge on any atom is 0.138 e. The smallest absolute Gasteiger partial charge is 0.138 e. The Morgan fingerprint density at radius 2 is 1.05 bits per heavy atom. The first kappa shape index (κ1) is 14.2. The van der Waals surface area contributed by atoms with Crippen LogP contribution in [-0.4, -0.2) is 29.5 Å². The third-order valence-electron chi connectivity index (χ3n) is 4.14. The Hall–Kier alpha value is -2.76. The molecule has 0 bridgehead atoms. The van der Waals surface area contributed by atoms with E-state index in [1.54, 1.807) is 22.0 Å². The van der Waals surface area contributed by atoms with E-state index in [0.29, 0.717) is 0 Å². The molecule has 0 atom stereocenters. The van der Waals surface area contributed by atoms with E-state index in [9.17, 15) is 0 Å². The number of hydrogen-bond acceptors (Lipinski definition) is 4. The first-order valence-corrected chi connectivity index (χ1v) is 7.06. The van der Waals surface area contributed by atoms with E-state index in [-0.39, 0.29) is 0 Å². The van der Waals surface area contributed by atoms with Crippen molar-refractivity contribution < 1.29 is 0 Å². The van der Waals surface area contributed by atoms with Crippen molar-refractivity contribution in [2.24, 2.45) is 0 Å². The topological polar surface area (TPSA) is 61.4 Å². The van der Waals surface area contributed by atoms with E-state index in [4.69, 9.17) is 0 Å². The minimum Gasteiger partial charge on any atom is -0.228 e. The molecule has 0 aliphatic carbocycles. The lowest BCUT2D eigenvalue weighted by Crippen LogP contribution is -2.26. The number of rotatable bonds is 2. The molecule has 0 aliphatic heterocycles. The molecule has 2 heterocycles. The predicted octanol–water partition coefficient (Wildman–Crippen LogP) is 0.676. The normalized spacial score (nSPS) is 10.7. The maximum absolute atomic E-state index is 4.16. The van der Waals surface area contributed by atoms with Gasteiger partial charge in [0.2, 0.25) is 0 Å². The second-order valence-electron chi connectivity index (χ2n) is 5.34. The second-order valence-corrected chi connectivity index (χ2v) is 5.34. The Kier molecular flexibility index (Phi) is 3.58. The Balaban J connectivity index is 2.30. The molecule has 0 saturated carbocycles. The lowest BCUT2D eigenvalue weighted by molar-refractivity contribution is 0.919. The Morgan fingerprint density at radius 1 is 0.682 bits per heavy atom. The van der Waals surface area contributed by atoms with Gasteiger partial charge in [-0.2, -0.15) is 10.2 Å². The molecule has 22 heavy (non-hydrogen) atoms. The van der Waals surface area contributed by atoms with Gasteiger partial charge in [0.05, 0.1) is 0 Å². The van der Waals surface area contributed by atoms with E-state index in [1.807, 2.05) is 12.4 Å². The van der Waals surface area contributed by atoms with Crippen LogP contribution < -0.4 is 10.4 Å². The van der Waals surface area contributed by atoms with Crippen molar-refractivity contribution in [1.29, 1.82) is 0 Å². The van der Waals surface area contributed by atoms with Crippen molar-refractivity contribution in [2.45, 2.75) is 27.7 Å². The van der Waals surface area contributed by atoms with Gasteiger partial charge in [-0.25, -0.2) is 19.3 Å². The minimum atomic E-state index is 1.18. The molecule has 0 amide bonds. The predicted molar refractivity (Wildman–Crippen MR) is 84.4 cm³/mol. The number of benzene rings is 1. The molecule has 1 aromatic carbocycles.